The monoisotopic (exact) mass is 506 g/mol. The fourth-order valence-corrected chi connectivity index (χ4v) is 4.05. The molecule has 2 unspecified atom stereocenters. The molecule has 2 aliphatic rings. The van der Waals surface area contributed by atoms with Crippen molar-refractivity contribution in [2.75, 3.05) is 32.7 Å². The number of hydrogen-bond donors (Lipinski definition) is 3. The minimum Gasteiger partial charge on any atom is -0.386 e. The number of aliphatic imine (C=N–C) groups is 1. The number of carbonyl (C=O) groups is 1. The summed E-state index contributed by atoms with van der Waals surface area (Å²) in [5.74, 6) is 0.942. The van der Waals surface area contributed by atoms with E-state index in [-0.39, 0.29) is 41.8 Å². The second-order valence-electron chi connectivity index (χ2n) is 7.24. The van der Waals surface area contributed by atoms with Gasteiger partial charge in [-0.3, -0.25) is 9.79 Å². The fraction of sp³-hybridized carbons (Fsp3) is 0.579. The van der Waals surface area contributed by atoms with Crippen LogP contribution in [0.4, 0.5) is 0 Å². The summed E-state index contributed by atoms with van der Waals surface area (Å²) in [6.07, 6.45) is 1.99. The van der Waals surface area contributed by atoms with Crippen LogP contribution < -0.4 is 10.6 Å². The first-order valence-corrected chi connectivity index (χ1v) is 9.63. The quantitative estimate of drug-likeness (QED) is 0.333. The smallest absolute Gasteiger partial charge is 0.220 e. The van der Waals surface area contributed by atoms with Crippen LogP contribution in [-0.2, 0) is 4.79 Å². The number of benzene rings is 1. The molecule has 2 atom stereocenters. The van der Waals surface area contributed by atoms with E-state index in [1.54, 1.807) is 12.1 Å². The Morgan fingerprint density at radius 3 is 3.00 bits per heavy atom. The number of guanidine groups is 1. The number of hydrogen-bond acceptors (Lipinski definition) is 3. The van der Waals surface area contributed by atoms with Gasteiger partial charge in [-0.05, 0) is 37.5 Å². The third-order valence-electron chi connectivity index (χ3n) is 5.14. The Morgan fingerprint density at radius 2 is 2.33 bits per heavy atom. The number of carbonyl (C=O) groups excluding carboxylic acids is 1. The van der Waals surface area contributed by atoms with Crippen LogP contribution in [0.15, 0.2) is 29.3 Å². The molecule has 1 aromatic carbocycles. The van der Waals surface area contributed by atoms with Gasteiger partial charge in [0.15, 0.2) is 5.96 Å². The van der Waals surface area contributed by atoms with Crippen molar-refractivity contribution < 1.29 is 9.90 Å². The second kappa shape index (κ2) is 9.93. The van der Waals surface area contributed by atoms with Crippen LogP contribution in [0.1, 0.15) is 37.9 Å². The molecule has 0 aliphatic carbocycles. The highest BCUT2D eigenvalue weighted by atomic mass is 127. The van der Waals surface area contributed by atoms with E-state index in [1.165, 1.54) is 0 Å². The second-order valence-corrected chi connectivity index (χ2v) is 7.68. The molecule has 27 heavy (non-hydrogen) atoms. The van der Waals surface area contributed by atoms with Crippen LogP contribution in [-0.4, -0.2) is 54.6 Å². The van der Waals surface area contributed by atoms with Crippen molar-refractivity contribution >= 4 is 47.4 Å². The van der Waals surface area contributed by atoms with E-state index in [2.05, 4.69) is 20.5 Å². The van der Waals surface area contributed by atoms with Crippen molar-refractivity contribution in [2.24, 2.45) is 10.4 Å². The molecule has 0 radical (unpaired) electrons. The molecule has 2 aliphatic heterocycles. The van der Waals surface area contributed by atoms with E-state index < -0.39 is 6.10 Å². The lowest BCUT2D eigenvalue weighted by atomic mass is 9.79. The number of nitrogens with one attached hydrogen (secondary N) is 2. The molecule has 0 aromatic heterocycles. The highest BCUT2D eigenvalue weighted by molar-refractivity contribution is 14.0. The Morgan fingerprint density at radius 1 is 1.52 bits per heavy atom. The molecule has 3 N–H and O–H groups in total. The van der Waals surface area contributed by atoms with Gasteiger partial charge in [0.05, 0.1) is 12.6 Å². The summed E-state index contributed by atoms with van der Waals surface area (Å²) in [5.41, 5.74) is 0.773. The van der Waals surface area contributed by atoms with Gasteiger partial charge < -0.3 is 20.6 Å². The lowest BCUT2D eigenvalue weighted by Gasteiger charge is -2.40. The van der Waals surface area contributed by atoms with Crippen molar-refractivity contribution in [3.8, 4) is 0 Å². The van der Waals surface area contributed by atoms with Gasteiger partial charge >= 0.3 is 0 Å². The Bertz CT molecular complexity index is 687. The number of aliphatic hydroxyl groups excluding tert-OH is 1. The lowest BCUT2D eigenvalue weighted by Crippen LogP contribution is -2.51. The minimum atomic E-state index is -0.698. The SMILES string of the molecule is CCNC(=NCC(O)c1cccc(Cl)c1)N1CCCC2(CNC(=O)C2)C1.I. The number of likely N-dealkylation sites (tertiary alicyclic amines) is 1. The minimum absolute atomic E-state index is 0. The first kappa shape index (κ1) is 22.2. The number of nitrogens with zero attached hydrogens (tertiary/aromatic N) is 2. The van der Waals surface area contributed by atoms with Gasteiger partial charge in [0.2, 0.25) is 5.91 Å². The molecule has 3 rings (SSSR count). The third kappa shape index (κ3) is 5.71. The molecule has 2 fully saturated rings. The molecule has 6 nitrogen and oxygen atoms in total. The van der Waals surface area contributed by atoms with E-state index in [1.807, 2.05) is 19.1 Å². The van der Waals surface area contributed by atoms with Gasteiger partial charge in [-0.15, -0.1) is 24.0 Å². The summed E-state index contributed by atoms with van der Waals surface area (Å²) in [7, 11) is 0. The van der Waals surface area contributed by atoms with Gasteiger partial charge in [0, 0.05) is 43.0 Å². The molecule has 1 amide bonds. The molecule has 150 valence electrons. The summed E-state index contributed by atoms with van der Waals surface area (Å²) in [4.78, 5) is 18.6. The van der Waals surface area contributed by atoms with E-state index in [0.717, 1.165) is 50.5 Å². The summed E-state index contributed by atoms with van der Waals surface area (Å²) < 4.78 is 0. The number of piperidine rings is 1. The van der Waals surface area contributed by atoms with E-state index in [9.17, 15) is 9.90 Å². The van der Waals surface area contributed by atoms with Crippen LogP contribution in [0, 0.1) is 5.41 Å². The van der Waals surface area contributed by atoms with Crippen LogP contribution in [0.2, 0.25) is 5.02 Å². The van der Waals surface area contributed by atoms with E-state index in [0.29, 0.717) is 11.4 Å². The standard InChI is InChI=1S/C19H27ClN4O2.HI/c1-2-21-18(22-11-16(25)14-5-3-6-15(20)9-14)24-8-4-7-19(13-24)10-17(26)23-12-19;/h3,5-6,9,16,25H,2,4,7-8,10-13H2,1H3,(H,21,22)(H,23,26);1H. The van der Waals surface area contributed by atoms with Crippen molar-refractivity contribution in [2.45, 2.75) is 32.3 Å². The molecule has 2 heterocycles. The summed E-state index contributed by atoms with van der Waals surface area (Å²) in [6.45, 7) is 5.52. The molecule has 1 aromatic rings. The van der Waals surface area contributed by atoms with Gasteiger partial charge in [-0.1, -0.05) is 23.7 Å². The fourth-order valence-electron chi connectivity index (χ4n) is 3.85. The van der Waals surface area contributed by atoms with E-state index >= 15 is 0 Å². The maximum Gasteiger partial charge on any atom is 0.220 e. The lowest BCUT2D eigenvalue weighted by molar-refractivity contribution is -0.119. The van der Waals surface area contributed by atoms with Crippen molar-refractivity contribution in [1.29, 1.82) is 0 Å². The van der Waals surface area contributed by atoms with Gasteiger partial charge in [-0.2, -0.15) is 0 Å². The number of aliphatic hydroxyl groups is 1. The zero-order valence-corrected chi connectivity index (χ0v) is 18.7. The Labute approximate surface area is 182 Å². The zero-order chi connectivity index (χ0) is 18.6. The number of amides is 1. The summed E-state index contributed by atoms with van der Waals surface area (Å²) >= 11 is 6.00. The average molecular weight is 507 g/mol. The largest absolute Gasteiger partial charge is 0.386 e. The van der Waals surface area contributed by atoms with Crippen LogP contribution >= 0.6 is 35.6 Å². The topological polar surface area (TPSA) is 77.0 Å². The van der Waals surface area contributed by atoms with Gasteiger partial charge in [0.25, 0.3) is 0 Å². The van der Waals surface area contributed by atoms with Crippen LogP contribution in [0.25, 0.3) is 0 Å². The molecular weight excluding hydrogens is 479 g/mol. The molecule has 1 spiro atoms. The van der Waals surface area contributed by atoms with Crippen molar-refractivity contribution in [3.63, 3.8) is 0 Å². The first-order chi connectivity index (χ1) is 12.5. The Hall–Kier alpha value is -1.06. The Kier molecular flexibility index (Phi) is 8.18. The molecule has 0 bridgehead atoms. The van der Waals surface area contributed by atoms with Crippen LogP contribution in [0.5, 0.6) is 0 Å². The number of halogens is 2. The van der Waals surface area contributed by atoms with Crippen molar-refractivity contribution in [3.05, 3.63) is 34.9 Å². The molecular formula is C19H28ClIN4O2. The predicted octanol–water partition coefficient (Wildman–Crippen LogP) is 2.56. The van der Waals surface area contributed by atoms with Crippen molar-refractivity contribution in [1.82, 2.24) is 15.5 Å². The number of rotatable bonds is 4. The van der Waals surface area contributed by atoms with Crippen LogP contribution in [0.3, 0.4) is 0 Å². The molecule has 2 saturated heterocycles. The molecule has 0 saturated carbocycles. The molecule has 8 heteroatoms. The zero-order valence-electron chi connectivity index (χ0n) is 15.6. The Balaban J connectivity index is 0.00000261. The van der Waals surface area contributed by atoms with E-state index in [4.69, 9.17) is 11.6 Å². The average Bonchev–Trinajstić information content (AvgIpc) is 2.98. The maximum absolute atomic E-state index is 11.7. The summed E-state index contributed by atoms with van der Waals surface area (Å²) in [5, 5.41) is 17.3. The highest BCUT2D eigenvalue weighted by Crippen LogP contribution is 2.36. The van der Waals surface area contributed by atoms with Gasteiger partial charge in [-0.25, -0.2) is 0 Å². The van der Waals surface area contributed by atoms with Gasteiger partial charge in [0.1, 0.15) is 0 Å². The predicted molar refractivity (Wildman–Crippen MR) is 119 cm³/mol. The first-order valence-electron chi connectivity index (χ1n) is 9.25. The summed E-state index contributed by atoms with van der Waals surface area (Å²) in [6, 6.07) is 7.23. The highest BCUT2D eigenvalue weighted by Gasteiger charge is 2.42. The third-order valence-corrected chi connectivity index (χ3v) is 5.37. The normalized spacial score (nSPS) is 23.7. The maximum atomic E-state index is 11.7.